The summed E-state index contributed by atoms with van der Waals surface area (Å²) in [6.45, 7) is 0.270. The topological polar surface area (TPSA) is 147 Å². The van der Waals surface area contributed by atoms with Crippen molar-refractivity contribution in [1.82, 2.24) is 9.80 Å². The average Bonchev–Trinajstić information content (AvgIpc) is 2.61. The molecule has 10 heteroatoms. The number of nitrogens with two attached hydrogens (primary N) is 1. The number of amides is 2. The van der Waals surface area contributed by atoms with Gasteiger partial charge in [0.15, 0.2) is 0 Å². The Morgan fingerprint density at radius 2 is 2.12 bits per heavy atom. The zero-order chi connectivity index (χ0) is 19.4. The molecule has 0 spiro atoms. The van der Waals surface area contributed by atoms with Crippen molar-refractivity contribution in [3.63, 3.8) is 0 Å². The van der Waals surface area contributed by atoms with Gasteiger partial charge in [-0.3, -0.25) is 24.5 Å². The molecule has 1 saturated heterocycles. The molecule has 0 bridgehead atoms. The lowest BCUT2D eigenvalue weighted by Crippen LogP contribution is -2.47. The number of nitro groups is 1. The lowest BCUT2D eigenvalue weighted by atomic mass is 9.98. The number of rotatable bonds is 5. The molecule has 0 aliphatic carbocycles. The number of nitrogen functional groups attached to an aromatic ring is 1. The number of aliphatic carboxylic acids is 1. The highest BCUT2D eigenvalue weighted by Gasteiger charge is 2.29. The Morgan fingerprint density at radius 3 is 2.73 bits per heavy atom. The molecule has 2 amide bonds. The standard InChI is InChI=1S/C16H20N4O6/c1-18(9-13(21)19-7-3-4-10(8-19)16(23)24)15(22)11-5-2-6-12(14(11)17)20(25)26/h2,5-6,10H,3-4,7-9,17H2,1H3,(H,23,24). The van der Waals surface area contributed by atoms with Gasteiger partial charge in [-0.25, -0.2) is 0 Å². The van der Waals surface area contributed by atoms with Crippen molar-refractivity contribution in [2.24, 2.45) is 5.92 Å². The summed E-state index contributed by atoms with van der Waals surface area (Å²) < 4.78 is 0. The first-order valence-electron chi connectivity index (χ1n) is 8.01. The van der Waals surface area contributed by atoms with Gasteiger partial charge in [0.1, 0.15) is 5.69 Å². The van der Waals surface area contributed by atoms with E-state index in [1.807, 2.05) is 0 Å². The first-order chi connectivity index (χ1) is 12.2. The number of anilines is 1. The maximum atomic E-state index is 12.5. The first kappa shape index (κ1) is 19.2. The molecule has 1 aromatic carbocycles. The van der Waals surface area contributed by atoms with Crippen LogP contribution in [0.4, 0.5) is 11.4 Å². The zero-order valence-corrected chi connectivity index (χ0v) is 14.3. The fourth-order valence-electron chi connectivity index (χ4n) is 2.88. The first-order valence-corrected chi connectivity index (χ1v) is 8.01. The van der Waals surface area contributed by atoms with Crippen molar-refractivity contribution in [3.05, 3.63) is 33.9 Å². The SMILES string of the molecule is CN(CC(=O)N1CCCC(C(=O)O)C1)C(=O)c1cccc([N+](=O)[O-])c1N. The van der Waals surface area contributed by atoms with Gasteiger partial charge in [-0.15, -0.1) is 0 Å². The number of nitro benzene ring substituents is 1. The normalized spacial score (nSPS) is 16.8. The third-order valence-electron chi connectivity index (χ3n) is 4.35. The molecular weight excluding hydrogens is 344 g/mol. The van der Waals surface area contributed by atoms with Crippen molar-refractivity contribution in [2.45, 2.75) is 12.8 Å². The van der Waals surface area contributed by atoms with Crippen molar-refractivity contribution in [3.8, 4) is 0 Å². The van der Waals surface area contributed by atoms with Crippen LogP contribution in [0.5, 0.6) is 0 Å². The molecule has 2 rings (SSSR count). The van der Waals surface area contributed by atoms with E-state index >= 15 is 0 Å². The van der Waals surface area contributed by atoms with Crippen LogP contribution in [0.3, 0.4) is 0 Å². The third-order valence-corrected chi connectivity index (χ3v) is 4.35. The van der Waals surface area contributed by atoms with Crippen LogP contribution in [-0.2, 0) is 9.59 Å². The summed E-state index contributed by atoms with van der Waals surface area (Å²) in [4.78, 5) is 48.7. The summed E-state index contributed by atoms with van der Waals surface area (Å²) in [5.74, 6) is -2.56. The van der Waals surface area contributed by atoms with Crippen molar-refractivity contribution >= 4 is 29.2 Å². The van der Waals surface area contributed by atoms with Crippen LogP contribution in [0, 0.1) is 16.0 Å². The molecule has 1 heterocycles. The molecule has 10 nitrogen and oxygen atoms in total. The Hall–Kier alpha value is -3.17. The number of likely N-dealkylation sites (N-methyl/N-ethyl adjacent to an activating group) is 1. The van der Waals surface area contributed by atoms with Crippen LogP contribution in [0.2, 0.25) is 0 Å². The van der Waals surface area contributed by atoms with Gasteiger partial charge in [-0.05, 0) is 18.9 Å². The molecule has 0 saturated carbocycles. The monoisotopic (exact) mass is 364 g/mol. The number of piperidine rings is 1. The number of nitrogens with zero attached hydrogens (tertiary/aromatic N) is 3. The molecule has 1 aliphatic rings. The van der Waals surface area contributed by atoms with Gasteiger partial charge in [0.05, 0.1) is 22.9 Å². The van der Waals surface area contributed by atoms with Gasteiger partial charge in [-0.2, -0.15) is 0 Å². The summed E-state index contributed by atoms with van der Waals surface area (Å²) in [6.07, 6.45) is 1.09. The number of benzene rings is 1. The molecule has 1 aromatic rings. The van der Waals surface area contributed by atoms with E-state index in [-0.39, 0.29) is 35.9 Å². The average molecular weight is 364 g/mol. The number of likely N-dealkylation sites (tertiary alicyclic amines) is 1. The minimum Gasteiger partial charge on any atom is -0.481 e. The largest absolute Gasteiger partial charge is 0.481 e. The van der Waals surface area contributed by atoms with Gasteiger partial charge in [0.2, 0.25) is 5.91 Å². The molecule has 26 heavy (non-hydrogen) atoms. The number of para-hydroxylation sites is 1. The summed E-state index contributed by atoms with van der Waals surface area (Å²) >= 11 is 0. The van der Waals surface area contributed by atoms with Crippen LogP contribution in [0.15, 0.2) is 18.2 Å². The Kier molecular flexibility index (Phi) is 5.75. The molecule has 1 fully saturated rings. The molecule has 1 aliphatic heterocycles. The lowest BCUT2D eigenvalue weighted by Gasteiger charge is -2.32. The van der Waals surface area contributed by atoms with Crippen LogP contribution in [0.1, 0.15) is 23.2 Å². The molecule has 140 valence electrons. The van der Waals surface area contributed by atoms with Crippen LogP contribution < -0.4 is 5.73 Å². The van der Waals surface area contributed by atoms with E-state index in [1.165, 1.54) is 30.1 Å². The predicted octanol–water partition coefficient (Wildman–Crippen LogP) is 0.572. The van der Waals surface area contributed by atoms with Crippen LogP contribution in [-0.4, -0.2) is 64.3 Å². The fraction of sp³-hybridized carbons (Fsp3) is 0.438. The predicted molar refractivity (Wildman–Crippen MR) is 91.4 cm³/mol. The summed E-state index contributed by atoms with van der Waals surface area (Å²) in [6, 6.07) is 3.89. The van der Waals surface area contributed by atoms with E-state index in [4.69, 9.17) is 10.8 Å². The van der Waals surface area contributed by atoms with Crippen molar-refractivity contribution in [2.75, 3.05) is 32.4 Å². The quantitative estimate of drug-likeness (QED) is 0.441. The van der Waals surface area contributed by atoms with Gasteiger partial charge in [0, 0.05) is 26.2 Å². The maximum absolute atomic E-state index is 12.5. The number of carboxylic acid groups (broad SMARTS) is 1. The maximum Gasteiger partial charge on any atom is 0.308 e. The summed E-state index contributed by atoms with van der Waals surface area (Å²) in [5, 5.41) is 20.0. The second kappa shape index (κ2) is 7.81. The Labute approximate surface area is 149 Å². The van der Waals surface area contributed by atoms with E-state index in [0.717, 1.165) is 4.90 Å². The number of hydrogen-bond acceptors (Lipinski definition) is 6. The van der Waals surface area contributed by atoms with E-state index in [1.54, 1.807) is 0 Å². The minimum atomic E-state index is -0.948. The second-order valence-electron chi connectivity index (χ2n) is 6.17. The summed E-state index contributed by atoms with van der Waals surface area (Å²) in [5.41, 5.74) is 5.00. The highest BCUT2D eigenvalue weighted by Crippen LogP contribution is 2.25. The molecule has 1 unspecified atom stereocenters. The highest BCUT2D eigenvalue weighted by molar-refractivity contribution is 6.02. The smallest absolute Gasteiger partial charge is 0.308 e. The Morgan fingerprint density at radius 1 is 1.42 bits per heavy atom. The van der Waals surface area contributed by atoms with Crippen molar-refractivity contribution < 1.29 is 24.4 Å². The van der Waals surface area contributed by atoms with E-state index in [0.29, 0.717) is 19.4 Å². The zero-order valence-electron chi connectivity index (χ0n) is 14.3. The fourth-order valence-corrected chi connectivity index (χ4v) is 2.88. The lowest BCUT2D eigenvalue weighted by molar-refractivity contribution is -0.383. The van der Waals surface area contributed by atoms with Gasteiger partial charge < -0.3 is 20.6 Å². The molecule has 0 aromatic heterocycles. The molecule has 3 N–H and O–H groups in total. The van der Waals surface area contributed by atoms with Gasteiger partial charge in [0.25, 0.3) is 11.6 Å². The van der Waals surface area contributed by atoms with Crippen molar-refractivity contribution in [1.29, 1.82) is 0 Å². The second-order valence-corrected chi connectivity index (χ2v) is 6.17. The summed E-state index contributed by atoms with van der Waals surface area (Å²) in [7, 11) is 1.39. The third kappa shape index (κ3) is 4.08. The Balaban J connectivity index is 2.07. The Bertz CT molecular complexity index is 750. The van der Waals surface area contributed by atoms with E-state index < -0.39 is 22.7 Å². The van der Waals surface area contributed by atoms with Crippen LogP contribution in [0.25, 0.3) is 0 Å². The van der Waals surface area contributed by atoms with E-state index in [9.17, 15) is 24.5 Å². The van der Waals surface area contributed by atoms with Gasteiger partial charge in [-0.1, -0.05) is 6.07 Å². The van der Waals surface area contributed by atoms with E-state index in [2.05, 4.69) is 0 Å². The molecule has 1 atom stereocenters. The van der Waals surface area contributed by atoms with Gasteiger partial charge >= 0.3 is 5.97 Å². The number of carbonyl (C=O) groups excluding carboxylic acids is 2. The number of hydrogen-bond donors (Lipinski definition) is 2. The highest BCUT2D eigenvalue weighted by atomic mass is 16.6. The number of carbonyl (C=O) groups is 3. The number of carboxylic acids is 1. The van der Waals surface area contributed by atoms with Crippen LogP contribution >= 0.6 is 0 Å². The molecule has 0 radical (unpaired) electrons. The minimum absolute atomic E-state index is 0.0587. The molecular formula is C16H20N4O6.